The van der Waals surface area contributed by atoms with Gasteiger partial charge in [-0.05, 0) is 29.5 Å². The molecule has 29 heavy (non-hydrogen) atoms. The molecule has 1 aliphatic rings. The second kappa shape index (κ2) is 13.7. The lowest BCUT2D eigenvalue weighted by Gasteiger charge is -2.22. The Labute approximate surface area is 173 Å². The van der Waals surface area contributed by atoms with Gasteiger partial charge in [0.1, 0.15) is 0 Å². The van der Waals surface area contributed by atoms with E-state index in [-0.39, 0.29) is 30.1 Å². The van der Waals surface area contributed by atoms with Crippen LogP contribution in [0.25, 0.3) is 0 Å². The molecule has 7 N–H and O–H groups in total. The molecule has 0 radical (unpaired) electrons. The first kappa shape index (κ1) is 26.6. The molecule has 162 valence electrons. The number of nitrogens with one attached hydrogen (secondary N) is 1. The Balaban J connectivity index is 0.000000499. The Morgan fingerprint density at radius 2 is 1.97 bits per heavy atom. The van der Waals surface area contributed by atoms with Crippen LogP contribution in [-0.2, 0) is 9.59 Å². The first-order valence-corrected chi connectivity index (χ1v) is 9.36. The zero-order valence-corrected chi connectivity index (χ0v) is 17.5. The van der Waals surface area contributed by atoms with E-state index < -0.39 is 0 Å². The average Bonchev–Trinajstić information content (AvgIpc) is 3.14. The summed E-state index contributed by atoms with van der Waals surface area (Å²) in [6.45, 7) is 7.27. The predicted octanol–water partition coefficient (Wildman–Crippen LogP) is 0.282. The maximum absolute atomic E-state index is 11.6. The number of terminal acetylenes is 1. The van der Waals surface area contributed by atoms with Crippen LogP contribution < -0.4 is 17.0 Å². The standard InChI is InChI=1S/C11H11NO2.C10H19NO2.H4N2/c1-2-9-3-5-10(6-4-9)11(7-13)12-8-14;1-10(2,3)6-9(13)11-5-4-8(12)7-11;1-2/h1,3-6,8,11,13H,7H2,(H,12,14);8,12H,4-7H2,1-3H3;1-2H2. The van der Waals surface area contributed by atoms with Gasteiger partial charge < -0.3 is 20.4 Å². The summed E-state index contributed by atoms with van der Waals surface area (Å²) in [5.74, 6) is 10.7. The monoisotopic (exact) mass is 406 g/mol. The summed E-state index contributed by atoms with van der Waals surface area (Å²) in [6, 6.07) is 6.74. The van der Waals surface area contributed by atoms with Crippen molar-refractivity contribution in [3.63, 3.8) is 0 Å². The van der Waals surface area contributed by atoms with Crippen molar-refractivity contribution in [3.8, 4) is 12.3 Å². The molecule has 0 aromatic heterocycles. The first-order chi connectivity index (χ1) is 13.7. The smallest absolute Gasteiger partial charge is 0.223 e. The predicted molar refractivity (Wildman–Crippen MR) is 113 cm³/mol. The third-order valence-electron chi connectivity index (χ3n) is 4.13. The molecule has 2 atom stereocenters. The zero-order chi connectivity index (χ0) is 22.4. The second-order valence-electron chi connectivity index (χ2n) is 7.81. The fourth-order valence-electron chi connectivity index (χ4n) is 2.68. The Kier molecular flexibility index (Phi) is 12.5. The largest absolute Gasteiger partial charge is 0.394 e. The highest BCUT2D eigenvalue weighted by Gasteiger charge is 2.27. The maximum atomic E-state index is 11.6. The van der Waals surface area contributed by atoms with Crippen LogP contribution in [0.4, 0.5) is 0 Å². The molecule has 1 saturated heterocycles. The molecule has 1 aliphatic heterocycles. The van der Waals surface area contributed by atoms with Gasteiger partial charge in [0.15, 0.2) is 0 Å². The van der Waals surface area contributed by atoms with E-state index in [1.165, 1.54) is 0 Å². The summed E-state index contributed by atoms with van der Waals surface area (Å²) < 4.78 is 0. The number of nitrogens with zero attached hydrogens (tertiary/aromatic N) is 1. The molecule has 2 unspecified atom stereocenters. The van der Waals surface area contributed by atoms with Crippen molar-refractivity contribution < 1.29 is 19.8 Å². The minimum Gasteiger partial charge on any atom is -0.394 e. The summed E-state index contributed by atoms with van der Waals surface area (Å²) in [5.41, 5.74) is 1.65. The fraction of sp³-hybridized carbons (Fsp3) is 0.524. The van der Waals surface area contributed by atoms with Crippen LogP contribution in [0.2, 0.25) is 0 Å². The molecule has 2 amide bonds. The molecule has 0 bridgehead atoms. The number of nitrogens with two attached hydrogens (primary N) is 2. The third kappa shape index (κ3) is 10.6. The number of β-amino-alcohol motifs (C(OH)–C–C–N with tert-alkyl or cyclic N) is 1. The maximum Gasteiger partial charge on any atom is 0.223 e. The van der Waals surface area contributed by atoms with Crippen molar-refractivity contribution in [1.29, 1.82) is 0 Å². The van der Waals surface area contributed by atoms with Gasteiger partial charge in [-0.3, -0.25) is 21.3 Å². The number of benzene rings is 1. The van der Waals surface area contributed by atoms with Crippen molar-refractivity contribution in [1.82, 2.24) is 10.2 Å². The summed E-state index contributed by atoms with van der Waals surface area (Å²) in [4.78, 5) is 23.6. The Morgan fingerprint density at radius 3 is 2.34 bits per heavy atom. The molecular formula is C21H34N4O4. The highest BCUT2D eigenvalue weighted by atomic mass is 16.3. The van der Waals surface area contributed by atoms with Gasteiger partial charge in [0.2, 0.25) is 12.3 Å². The van der Waals surface area contributed by atoms with Crippen LogP contribution in [0.1, 0.15) is 50.8 Å². The first-order valence-electron chi connectivity index (χ1n) is 9.36. The Morgan fingerprint density at radius 1 is 1.38 bits per heavy atom. The number of amides is 2. The number of aliphatic hydroxyl groups excluding tert-OH is 2. The second-order valence-corrected chi connectivity index (χ2v) is 7.81. The van der Waals surface area contributed by atoms with E-state index in [1.54, 1.807) is 29.2 Å². The number of hydrogen-bond acceptors (Lipinski definition) is 6. The summed E-state index contributed by atoms with van der Waals surface area (Å²) in [6.07, 6.45) is 6.76. The quantitative estimate of drug-likeness (QED) is 0.206. The Hall–Kier alpha value is -2.44. The van der Waals surface area contributed by atoms with Gasteiger partial charge in [-0.1, -0.05) is 38.8 Å². The van der Waals surface area contributed by atoms with Gasteiger partial charge in [0.25, 0.3) is 0 Å². The van der Waals surface area contributed by atoms with E-state index in [9.17, 15) is 14.7 Å². The number of rotatable bonds is 5. The molecule has 0 aliphatic carbocycles. The van der Waals surface area contributed by atoms with Crippen LogP contribution in [0.5, 0.6) is 0 Å². The summed E-state index contributed by atoms with van der Waals surface area (Å²) >= 11 is 0. The SMILES string of the molecule is C#Cc1ccc(C(CO)NC=O)cc1.CC(C)(C)CC(=O)N1CCC(O)C1.NN. The van der Waals surface area contributed by atoms with Crippen LogP contribution in [0, 0.1) is 17.8 Å². The molecule has 1 aromatic rings. The third-order valence-corrected chi connectivity index (χ3v) is 4.13. The molecule has 2 rings (SSSR count). The molecule has 0 spiro atoms. The topological polar surface area (TPSA) is 142 Å². The van der Waals surface area contributed by atoms with Gasteiger partial charge in [-0.25, -0.2) is 0 Å². The van der Waals surface area contributed by atoms with Gasteiger partial charge in [0, 0.05) is 25.1 Å². The lowest BCUT2D eigenvalue weighted by molar-refractivity contribution is -0.132. The van der Waals surface area contributed by atoms with Gasteiger partial charge in [-0.15, -0.1) is 6.42 Å². The highest BCUT2D eigenvalue weighted by molar-refractivity contribution is 5.77. The van der Waals surface area contributed by atoms with Crippen LogP contribution in [0.15, 0.2) is 24.3 Å². The van der Waals surface area contributed by atoms with E-state index in [2.05, 4.69) is 43.7 Å². The average molecular weight is 407 g/mol. The number of carbonyl (C=O) groups is 2. The van der Waals surface area contributed by atoms with Crippen LogP contribution in [0.3, 0.4) is 0 Å². The van der Waals surface area contributed by atoms with Crippen molar-refractivity contribution in [3.05, 3.63) is 35.4 Å². The number of carbonyl (C=O) groups excluding carboxylic acids is 2. The summed E-state index contributed by atoms with van der Waals surface area (Å²) in [7, 11) is 0. The van der Waals surface area contributed by atoms with E-state index in [4.69, 9.17) is 11.5 Å². The van der Waals surface area contributed by atoms with Gasteiger partial charge in [0.05, 0.1) is 18.8 Å². The minimum atomic E-state index is -0.362. The lowest BCUT2D eigenvalue weighted by Crippen LogP contribution is -2.32. The van der Waals surface area contributed by atoms with Crippen molar-refractivity contribution >= 4 is 12.3 Å². The minimum absolute atomic E-state index is 0.0463. The number of likely N-dealkylation sites (tertiary alicyclic amines) is 1. The molecular weight excluding hydrogens is 372 g/mol. The highest BCUT2D eigenvalue weighted by Crippen LogP contribution is 2.21. The molecule has 0 saturated carbocycles. The number of aliphatic hydroxyl groups is 2. The van der Waals surface area contributed by atoms with Crippen LogP contribution >= 0.6 is 0 Å². The summed E-state index contributed by atoms with van der Waals surface area (Å²) in [5, 5.41) is 20.7. The fourth-order valence-corrected chi connectivity index (χ4v) is 2.68. The van der Waals surface area contributed by atoms with Crippen molar-refractivity contribution in [2.45, 2.75) is 45.8 Å². The molecule has 1 fully saturated rings. The molecule has 1 aromatic carbocycles. The zero-order valence-electron chi connectivity index (χ0n) is 17.5. The number of hydrogen-bond donors (Lipinski definition) is 5. The van der Waals surface area contributed by atoms with Crippen molar-refractivity contribution in [2.24, 2.45) is 17.1 Å². The Bertz CT molecular complexity index is 650. The van der Waals surface area contributed by atoms with Crippen molar-refractivity contribution in [2.75, 3.05) is 19.7 Å². The van der Waals surface area contributed by atoms with E-state index in [0.717, 1.165) is 24.1 Å². The van der Waals surface area contributed by atoms with E-state index in [1.807, 2.05) is 0 Å². The normalized spacial score (nSPS) is 16.3. The molecule has 8 nitrogen and oxygen atoms in total. The van der Waals surface area contributed by atoms with Crippen LogP contribution in [-0.4, -0.2) is 53.2 Å². The number of hydrazine groups is 1. The van der Waals surface area contributed by atoms with Gasteiger partial charge >= 0.3 is 0 Å². The van der Waals surface area contributed by atoms with E-state index >= 15 is 0 Å². The molecule has 8 heteroatoms. The lowest BCUT2D eigenvalue weighted by atomic mass is 9.92. The van der Waals surface area contributed by atoms with E-state index in [0.29, 0.717) is 19.4 Å². The van der Waals surface area contributed by atoms with Gasteiger partial charge in [-0.2, -0.15) is 0 Å². The molecule has 1 heterocycles.